The van der Waals surface area contributed by atoms with Crippen molar-refractivity contribution < 1.29 is 14.3 Å². The van der Waals surface area contributed by atoms with Gasteiger partial charge in [-0.1, -0.05) is 11.8 Å². The first-order valence-electron chi connectivity index (χ1n) is 8.19. The van der Waals surface area contributed by atoms with Gasteiger partial charge >= 0.3 is 0 Å². The maximum Gasteiger partial charge on any atom is 0.253 e. The molecular formula is C17H19N5O3S. The highest BCUT2D eigenvalue weighted by Gasteiger charge is 2.11. The Morgan fingerprint density at radius 1 is 1.23 bits per heavy atom. The number of amides is 1. The zero-order chi connectivity index (χ0) is 18.4. The molecule has 8 nitrogen and oxygen atoms in total. The number of fused-ring (bicyclic) bond motifs is 1. The van der Waals surface area contributed by atoms with Crippen LogP contribution in [-0.2, 0) is 4.79 Å². The molecule has 2 heterocycles. The van der Waals surface area contributed by atoms with Gasteiger partial charge in [0, 0.05) is 24.1 Å². The molecule has 0 spiro atoms. The number of nitrogens with one attached hydrogen (secondary N) is 1. The molecule has 9 heteroatoms. The number of hydrogen-bond donors (Lipinski definition) is 1. The van der Waals surface area contributed by atoms with Crippen molar-refractivity contribution in [1.82, 2.24) is 19.6 Å². The highest BCUT2D eigenvalue weighted by molar-refractivity contribution is 7.99. The Kier molecular flexibility index (Phi) is 5.90. The second-order valence-electron chi connectivity index (χ2n) is 5.12. The molecule has 0 unspecified atom stereocenters. The third kappa shape index (κ3) is 4.42. The van der Waals surface area contributed by atoms with Crippen molar-refractivity contribution in [2.45, 2.75) is 19.0 Å². The molecule has 0 atom stereocenters. The van der Waals surface area contributed by atoms with Gasteiger partial charge in [-0.05, 0) is 32.0 Å². The normalized spacial score (nSPS) is 10.7. The van der Waals surface area contributed by atoms with Crippen molar-refractivity contribution in [3.05, 3.63) is 36.7 Å². The lowest BCUT2D eigenvalue weighted by Crippen LogP contribution is -2.14. The maximum atomic E-state index is 12.2. The Balaban J connectivity index is 1.61. The molecular weight excluding hydrogens is 354 g/mol. The van der Waals surface area contributed by atoms with Crippen molar-refractivity contribution in [3.8, 4) is 11.5 Å². The number of rotatable bonds is 8. The highest BCUT2D eigenvalue weighted by atomic mass is 32.2. The minimum Gasteiger partial charge on any atom is -0.490 e. The summed E-state index contributed by atoms with van der Waals surface area (Å²) in [5.74, 6) is 1.79. The Labute approximate surface area is 154 Å². The van der Waals surface area contributed by atoms with Gasteiger partial charge in [-0.3, -0.25) is 4.79 Å². The number of benzene rings is 1. The number of thioether (sulfide) groups is 1. The van der Waals surface area contributed by atoms with E-state index in [1.807, 2.05) is 13.8 Å². The van der Waals surface area contributed by atoms with E-state index in [2.05, 4.69) is 20.4 Å². The molecule has 0 bridgehead atoms. The molecule has 0 radical (unpaired) electrons. The van der Waals surface area contributed by atoms with E-state index in [4.69, 9.17) is 9.47 Å². The summed E-state index contributed by atoms with van der Waals surface area (Å²) in [5.41, 5.74) is 0.645. The van der Waals surface area contributed by atoms with Crippen LogP contribution >= 0.6 is 11.8 Å². The van der Waals surface area contributed by atoms with Crippen LogP contribution in [0.1, 0.15) is 13.8 Å². The smallest absolute Gasteiger partial charge is 0.253 e. The van der Waals surface area contributed by atoms with Crippen molar-refractivity contribution in [2.24, 2.45) is 0 Å². The van der Waals surface area contributed by atoms with E-state index in [1.165, 1.54) is 11.8 Å². The van der Waals surface area contributed by atoms with E-state index < -0.39 is 0 Å². The van der Waals surface area contributed by atoms with Crippen LogP contribution in [0.15, 0.2) is 41.8 Å². The number of ether oxygens (including phenoxy) is 2. The average Bonchev–Trinajstić information content (AvgIpc) is 3.05. The third-order valence-corrected chi connectivity index (χ3v) is 4.09. The van der Waals surface area contributed by atoms with E-state index >= 15 is 0 Å². The minimum absolute atomic E-state index is 0.159. The van der Waals surface area contributed by atoms with Crippen molar-refractivity contribution in [2.75, 3.05) is 24.3 Å². The minimum atomic E-state index is -0.159. The van der Waals surface area contributed by atoms with Crippen molar-refractivity contribution >= 4 is 29.1 Å². The van der Waals surface area contributed by atoms with E-state index in [-0.39, 0.29) is 11.7 Å². The number of nitrogens with zero attached hydrogens (tertiary/aromatic N) is 4. The molecule has 0 aliphatic carbocycles. The standard InChI is InChI=1S/C17H19N5O3S/c1-3-24-13-7-6-12(10-14(13)25-4-2)19-15(23)11-26-17-20-16-18-8-5-9-22(16)21-17/h5-10H,3-4,11H2,1-2H3,(H,19,23). The lowest BCUT2D eigenvalue weighted by atomic mass is 10.2. The van der Waals surface area contributed by atoms with Gasteiger partial charge in [0.1, 0.15) is 0 Å². The topological polar surface area (TPSA) is 90.6 Å². The summed E-state index contributed by atoms with van der Waals surface area (Å²) in [6, 6.07) is 7.09. The molecule has 0 saturated carbocycles. The zero-order valence-corrected chi connectivity index (χ0v) is 15.3. The Bertz CT molecular complexity index is 866. The lowest BCUT2D eigenvalue weighted by molar-refractivity contribution is -0.113. The van der Waals surface area contributed by atoms with Crippen molar-refractivity contribution in [3.63, 3.8) is 0 Å². The lowest BCUT2D eigenvalue weighted by Gasteiger charge is -2.12. The fourth-order valence-electron chi connectivity index (χ4n) is 2.23. The summed E-state index contributed by atoms with van der Waals surface area (Å²) >= 11 is 1.25. The van der Waals surface area contributed by atoms with Crippen LogP contribution < -0.4 is 14.8 Å². The summed E-state index contributed by atoms with van der Waals surface area (Å²) in [5, 5.41) is 7.59. The third-order valence-electron chi connectivity index (χ3n) is 3.26. The first-order valence-corrected chi connectivity index (χ1v) is 9.18. The molecule has 3 aromatic rings. The van der Waals surface area contributed by atoms with Crippen LogP contribution in [-0.4, -0.2) is 44.5 Å². The number of anilines is 1. The van der Waals surface area contributed by atoms with Gasteiger partial charge < -0.3 is 14.8 Å². The molecule has 1 N–H and O–H groups in total. The highest BCUT2D eigenvalue weighted by Crippen LogP contribution is 2.30. The molecule has 1 amide bonds. The molecule has 2 aromatic heterocycles. The largest absolute Gasteiger partial charge is 0.490 e. The van der Waals surface area contributed by atoms with E-state index in [9.17, 15) is 4.79 Å². The quantitative estimate of drug-likeness (QED) is 0.607. The van der Waals surface area contributed by atoms with Gasteiger partial charge in [-0.25, -0.2) is 9.50 Å². The summed E-state index contributed by atoms with van der Waals surface area (Å²) in [6.45, 7) is 4.87. The summed E-state index contributed by atoms with van der Waals surface area (Å²) in [7, 11) is 0. The van der Waals surface area contributed by atoms with Crippen LogP contribution in [0.2, 0.25) is 0 Å². The Morgan fingerprint density at radius 3 is 2.81 bits per heavy atom. The second-order valence-corrected chi connectivity index (χ2v) is 6.07. The molecule has 3 rings (SSSR count). The average molecular weight is 373 g/mol. The number of aromatic nitrogens is 4. The van der Waals surface area contributed by atoms with Crippen LogP contribution in [0.3, 0.4) is 0 Å². The van der Waals surface area contributed by atoms with Crippen LogP contribution in [0.4, 0.5) is 5.69 Å². The van der Waals surface area contributed by atoms with Gasteiger partial charge in [0.15, 0.2) is 11.5 Å². The van der Waals surface area contributed by atoms with E-state index in [0.717, 1.165) is 0 Å². The van der Waals surface area contributed by atoms with Crippen LogP contribution in [0.25, 0.3) is 5.78 Å². The number of carbonyl (C=O) groups excluding carboxylic acids is 1. The molecule has 1 aromatic carbocycles. The van der Waals surface area contributed by atoms with Gasteiger partial charge in [-0.15, -0.1) is 5.10 Å². The SMILES string of the molecule is CCOc1ccc(NC(=O)CSc2nc3ncccn3n2)cc1OCC. The fraction of sp³-hybridized carbons (Fsp3) is 0.294. The molecule has 26 heavy (non-hydrogen) atoms. The van der Waals surface area contributed by atoms with E-state index in [1.54, 1.807) is 41.2 Å². The Hall–Kier alpha value is -2.81. The predicted octanol–water partition coefficient (Wildman–Crippen LogP) is 2.65. The van der Waals surface area contributed by atoms with E-state index in [0.29, 0.717) is 41.3 Å². The monoisotopic (exact) mass is 373 g/mol. The van der Waals surface area contributed by atoms with Crippen molar-refractivity contribution in [1.29, 1.82) is 0 Å². The fourth-order valence-corrected chi connectivity index (χ4v) is 2.86. The summed E-state index contributed by atoms with van der Waals surface area (Å²) in [4.78, 5) is 20.5. The van der Waals surface area contributed by atoms with Crippen LogP contribution in [0, 0.1) is 0 Å². The summed E-state index contributed by atoms with van der Waals surface area (Å²) < 4.78 is 12.7. The number of hydrogen-bond acceptors (Lipinski definition) is 7. The maximum absolute atomic E-state index is 12.2. The second kappa shape index (κ2) is 8.52. The molecule has 0 saturated heterocycles. The van der Waals surface area contributed by atoms with Gasteiger partial charge in [-0.2, -0.15) is 4.98 Å². The molecule has 0 fully saturated rings. The first-order chi connectivity index (χ1) is 12.7. The summed E-state index contributed by atoms with van der Waals surface area (Å²) in [6.07, 6.45) is 3.40. The van der Waals surface area contributed by atoms with Gasteiger partial charge in [0.05, 0.1) is 19.0 Å². The predicted molar refractivity (Wildman–Crippen MR) is 98.9 cm³/mol. The van der Waals surface area contributed by atoms with Crippen LogP contribution in [0.5, 0.6) is 11.5 Å². The first kappa shape index (κ1) is 18.0. The Morgan fingerprint density at radius 2 is 2.04 bits per heavy atom. The molecule has 136 valence electrons. The number of carbonyl (C=O) groups is 1. The molecule has 0 aliphatic heterocycles. The molecule has 0 aliphatic rings. The van der Waals surface area contributed by atoms with Gasteiger partial charge in [0.25, 0.3) is 5.78 Å². The zero-order valence-electron chi connectivity index (χ0n) is 14.5. The van der Waals surface area contributed by atoms with Gasteiger partial charge in [0.2, 0.25) is 11.1 Å².